The first-order chi connectivity index (χ1) is 17.6. The van der Waals surface area contributed by atoms with Gasteiger partial charge in [0.15, 0.2) is 28.2 Å². The van der Waals surface area contributed by atoms with Crippen LogP contribution < -0.4 is 20.3 Å². The Bertz CT molecular complexity index is 1180. The molecule has 0 aliphatic carbocycles. The van der Waals surface area contributed by atoms with Crippen LogP contribution in [0.3, 0.4) is 0 Å². The SMILES string of the molecule is CCOC(=O)c1nc(-c2ccc(NC(=S)Nc3ccccc3)cc2)nc(N2CCOCC2)c1OCC. The second-order valence-corrected chi connectivity index (χ2v) is 8.23. The van der Waals surface area contributed by atoms with Crippen LogP contribution in [0.1, 0.15) is 24.3 Å². The first-order valence-electron chi connectivity index (χ1n) is 11.9. The standard InChI is InChI=1S/C26H29N5O4S/c1-3-34-22-21(25(32)35-4-2)29-23(30-24(22)31-14-16-33-17-15-31)18-10-12-20(13-11-18)28-26(36)27-19-8-6-5-7-9-19/h5-13H,3-4,14-17H2,1-2H3,(H2,27,28,36). The zero-order valence-corrected chi connectivity index (χ0v) is 21.1. The molecular weight excluding hydrogens is 478 g/mol. The van der Waals surface area contributed by atoms with Gasteiger partial charge in [0.2, 0.25) is 0 Å². The summed E-state index contributed by atoms with van der Waals surface area (Å²) >= 11 is 5.42. The van der Waals surface area contributed by atoms with Gasteiger partial charge in [-0.15, -0.1) is 0 Å². The lowest BCUT2D eigenvalue weighted by atomic mass is 10.2. The zero-order valence-electron chi connectivity index (χ0n) is 20.3. The molecule has 1 aliphatic rings. The maximum atomic E-state index is 12.8. The number of hydrogen-bond acceptors (Lipinski definition) is 8. The summed E-state index contributed by atoms with van der Waals surface area (Å²) in [6.07, 6.45) is 0. The van der Waals surface area contributed by atoms with Crippen LogP contribution in [0.4, 0.5) is 17.2 Å². The molecule has 1 fully saturated rings. The van der Waals surface area contributed by atoms with Crippen molar-refractivity contribution in [3.63, 3.8) is 0 Å². The lowest BCUT2D eigenvalue weighted by molar-refractivity contribution is 0.0514. The fourth-order valence-corrected chi connectivity index (χ4v) is 3.93. The van der Waals surface area contributed by atoms with E-state index >= 15 is 0 Å². The molecule has 1 aliphatic heterocycles. The number of para-hydroxylation sites is 1. The van der Waals surface area contributed by atoms with E-state index in [2.05, 4.69) is 15.6 Å². The van der Waals surface area contributed by atoms with Gasteiger partial charge in [0.05, 0.1) is 26.4 Å². The molecular formula is C26H29N5O4S. The highest BCUT2D eigenvalue weighted by Crippen LogP contribution is 2.33. The molecule has 0 unspecified atom stereocenters. The molecule has 0 bridgehead atoms. The van der Waals surface area contributed by atoms with E-state index in [1.54, 1.807) is 6.92 Å². The smallest absolute Gasteiger partial charge is 0.361 e. The van der Waals surface area contributed by atoms with Gasteiger partial charge in [-0.05, 0) is 62.5 Å². The van der Waals surface area contributed by atoms with Gasteiger partial charge in [0.1, 0.15) is 0 Å². The Kier molecular flexibility index (Phi) is 8.64. The van der Waals surface area contributed by atoms with Crippen molar-refractivity contribution >= 4 is 40.5 Å². The average molecular weight is 508 g/mol. The highest BCUT2D eigenvalue weighted by Gasteiger charge is 2.27. The van der Waals surface area contributed by atoms with Crippen LogP contribution in [0, 0.1) is 0 Å². The Morgan fingerprint density at radius 3 is 2.28 bits per heavy atom. The van der Waals surface area contributed by atoms with E-state index in [9.17, 15) is 4.79 Å². The number of carbonyl (C=O) groups excluding carboxylic acids is 1. The molecule has 0 atom stereocenters. The van der Waals surface area contributed by atoms with Crippen molar-refractivity contribution in [2.75, 3.05) is 55.1 Å². The van der Waals surface area contributed by atoms with Crippen molar-refractivity contribution < 1.29 is 19.0 Å². The van der Waals surface area contributed by atoms with E-state index in [0.717, 1.165) is 16.9 Å². The topological polar surface area (TPSA) is 97.8 Å². The Morgan fingerprint density at radius 1 is 0.972 bits per heavy atom. The molecule has 0 spiro atoms. The predicted octanol–water partition coefficient (Wildman–Crippen LogP) is 4.36. The highest BCUT2D eigenvalue weighted by atomic mass is 32.1. The first-order valence-corrected chi connectivity index (χ1v) is 12.3. The minimum absolute atomic E-state index is 0.112. The number of aromatic nitrogens is 2. The molecule has 9 nitrogen and oxygen atoms in total. The number of anilines is 3. The molecule has 0 radical (unpaired) electrons. The van der Waals surface area contributed by atoms with E-state index in [1.807, 2.05) is 66.4 Å². The molecule has 36 heavy (non-hydrogen) atoms. The Labute approximate surface area is 215 Å². The second kappa shape index (κ2) is 12.3. The number of nitrogens with zero attached hydrogens (tertiary/aromatic N) is 3. The first kappa shape index (κ1) is 25.3. The maximum absolute atomic E-state index is 12.8. The summed E-state index contributed by atoms with van der Waals surface area (Å²) in [4.78, 5) is 24.2. The number of rotatable bonds is 8. The molecule has 0 saturated carbocycles. The largest absolute Gasteiger partial charge is 0.488 e. The van der Waals surface area contributed by atoms with Gasteiger partial charge in [-0.3, -0.25) is 0 Å². The van der Waals surface area contributed by atoms with Gasteiger partial charge in [-0.25, -0.2) is 14.8 Å². The lowest BCUT2D eigenvalue weighted by Crippen LogP contribution is -2.37. The van der Waals surface area contributed by atoms with Crippen molar-refractivity contribution in [2.45, 2.75) is 13.8 Å². The molecule has 2 aromatic carbocycles. The fraction of sp³-hybridized carbons (Fsp3) is 0.308. The van der Waals surface area contributed by atoms with Crippen LogP contribution in [0.25, 0.3) is 11.4 Å². The van der Waals surface area contributed by atoms with Gasteiger partial charge in [0, 0.05) is 30.0 Å². The zero-order chi connectivity index (χ0) is 25.3. The molecule has 2 heterocycles. The summed E-state index contributed by atoms with van der Waals surface area (Å²) in [5.41, 5.74) is 2.56. The Morgan fingerprint density at radius 2 is 1.64 bits per heavy atom. The third-order valence-corrected chi connectivity index (χ3v) is 5.55. The Balaban J connectivity index is 1.62. The number of morpholine rings is 1. The van der Waals surface area contributed by atoms with Crippen LogP contribution in [0.15, 0.2) is 54.6 Å². The van der Waals surface area contributed by atoms with Crippen molar-refractivity contribution in [3.8, 4) is 17.1 Å². The number of carbonyl (C=O) groups is 1. The normalized spacial score (nSPS) is 13.1. The number of benzene rings is 2. The third kappa shape index (κ3) is 6.27. The van der Waals surface area contributed by atoms with Crippen molar-refractivity contribution in [1.82, 2.24) is 9.97 Å². The molecule has 10 heteroatoms. The minimum atomic E-state index is -0.547. The minimum Gasteiger partial charge on any atom is -0.488 e. The fourth-order valence-electron chi connectivity index (χ4n) is 3.69. The van der Waals surface area contributed by atoms with Crippen molar-refractivity contribution in [2.24, 2.45) is 0 Å². The second-order valence-electron chi connectivity index (χ2n) is 7.82. The monoisotopic (exact) mass is 507 g/mol. The predicted molar refractivity (Wildman–Crippen MR) is 144 cm³/mol. The number of nitrogens with one attached hydrogen (secondary N) is 2. The molecule has 4 rings (SSSR count). The van der Waals surface area contributed by atoms with Gasteiger partial charge in [-0.1, -0.05) is 18.2 Å². The summed E-state index contributed by atoms with van der Waals surface area (Å²) in [6.45, 7) is 6.60. The van der Waals surface area contributed by atoms with E-state index in [1.165, 1.54) is 0 Å². The molecule has 2 N–H and O–H groups in total. The van der Waals surface area contributed by atoms with E-state index in [-0.39, 0.29) is 12.3 Å². The molecule has 188 valence electrons. The van der Waals surface area contributed by atoms with Crippen LogP contribution in [-0.2, 0) is 9.47 Å². The van der Waals surface area contributed by atoms with Gasteiger partial charge < -0.3 is 29.7 Å². The lowest BCUT2D eigenvalue weighted by Gasteiger charge is -2.29. The maximum Gasteiger partial charge on any atom is 0.361 e. The van der Waals surface area contributed by atoms with Crippen molar-refractivity contribution in [1.29, 1.82) is 0 Å². The quantitative estimate of drug-likeness (QED) is 0.338. The van der Waals surface area contributed by atoms with Crippen LogP contribution in [0.2, 0.25) is 0 Å². The number of hydrogen-bond donors (Lipinski definition) is 2. The van der Waals surface area contributed by atoms with Gasteiger partial charge in [0.25, 0.3) is 0 Å². The molecule has 0 amide bonds. The number of thiocarbonyl (C=S) groups is 1. The third-order valence-electron chi connectivity index (χ3n) is 5.35. The summed E-state index contributed by atoms with van der Waals surface area (Å²) in [7, 11) is 0. The Hall–Kier alpha value is -3.76. The summed E-state index contributed by atoms with van der Waals surface area (Å²) in [5.74, 6) is 0.745. The number of ether oxygens (including phenoxy) is 3. The van der Waals surface area contributed by atoms with Gasteiger partial charge >= 0.3 is 5.97 Å². The van der Waals surface area contributed by atoms with E-state index in [0.29, 0.717) is 55.4 Å². The van der Waals surface area contributed by atoms with E-state index in [4.69, 9.17) is 31.4 Å². The van der Waals surface area contributed by atoms with E-state index < -0.39 is 5.97 Å². The van der Waals surface area contributed by atoms with Crippen LogP contribution in [-0.4, -0.2) is 60.6 Å². The van der Waals surface area contributed by atoms with Gasteiger partial charge in [-0.2, -0.15) is 0 Å². The summed E-state index contributed by atoms with van der Waals surface area (Å²) in [6, 6.07) is 17.2. The molecule has 3 aromatic rings. The summed E-state index contributed by atoms with van der Waals surface area (Å²) < 4.78 is 16.6. The molecule has 1 saturated heterocycles. The van der Waals surface area contributed by atoms with Crippen molar-refractivity contribution in [3.05, 3.63) is 60.3 Å². The highest BCUT2D eigenvalue weighted by molar-refractivity contribution is 7.80. The van der Waals surface area contributed by atoms with Crippen LogP contribution in [0.5, 0.6) is 5.75 Å². The average Bonchev–Trinajstić information content (AvgIpc) is 2.90. The van der Waals surface area contributed by atoms with Crippen LogP contribution >= 0.6 is 12.2 Å². The molecule has 1 aromatic heterocycles. The number of esters is 1. The summed E-state index contributed by atoms with van der Waals surface area (Å²) in [5, 5.41) is 6.79.